The van der Waals surface area contributed by atoms with E-state index < -0.39 is 23.7 Å². The predicted octanol–water partition coefficient (Wildman–Crippen LogP) is 3.25. The highest BCUT2D eigenvalue weighted by Crippen LogP contribution is 2.13. The fourth-order valence-corrected chi connectivity index (χ4v) is 2.65. The fourth-order valence-electron chi connectivity index (χ4n) is 2.65. The molecule has 2 atom stereocenters. The normalized spacial score (nSPS) is 13.2. The van der Waals surface area contributed by atoms with Gasteiger partial charge in [-0.05, 0) is 61.4 Å². The number of Topliss-reactive ketones (excluding diaryl/α,β-unsaturated/α-hetero) is 2. The minimum Gasteiger partial charge on any atom is -0.321 e. The van der Waals surface area contributed by atoms with Gasteiger partial charge in [-0.3, -0.25) is 9.59 Å². The second-order valence-electron chi connectivity index (χ2n) is 6.24. The molecule has 2 unspecified atom stereocenters. The van der Waals surface area contributed by atoms with E-state index in [4.69, 9.17) is 11.5 Å². The van der Waals surface area contributed by atoms with Crippen molar-refractivity contribution in [2.75, 3.05) is 0 Å². The van der Waals surface area contributed by atoms with Crippen molar-refractivity contribution in [1.29, 1.82) is 0 Å². The molecule has 0 bridgehead atoms. The summed E-state index contributed by atoms with van der Waals surface area (Å²) in [7, 11) is 0. The van der Waals surface area contributed by atoms with Gasteiger partial charge in [0.25, 0.3) is 0 Å². The average Bonchev–Trinajstić information content (AvgIpc) is 2.65. The van der Waals surface area contributed by atoms with Gasteiger partial charge in [-0.2, -0.15) is 0 Å². The Morgan fingerprint density at radius 2 is 1.00 bits per heavy atom. The zero-order valence-electron chi connectivity index (χ0n) is 14.3. The number of ketones is 2. The number of halogens is 2. The van der Waals surface area contributed by atoms with Gasteiger partial charge in [0.15, 0.2) is 11.6 Å². The van der Waals surface area contributed by atoms with E-state index >= 15 is 0 Å². The van der Waals surface area contributed by atoms with Crippen molar-refractivity contribution in [3.05, 3.63) is 71.3 Å². The van der Waals surface area contributed by atoms with Crippen molar-refractivity contribution in [2.24, 2.45) is 11.5 Å². The number of benzene rings is 2. The third kappa shape index (κ3) is 5.54. The molecule has 0 saturated carbocycles. The highest BCUT2D eigenvalue weighted by molar-refractivity contribution is 6.00. The summed E-state index contributed by atoms with van der Waals surface area (Å²) in [6.07, 6.45) is 2.18. The van der Waals surface area contributed by atoms with Crippen LogP contribution in [0, 0.1) is 11.6 Å². The first-order chi connectivity index (χ1) is 12.4. The fraction of sp³-hybridized carbons (Fsp3) is 0.300. The third-order valence-corrected chi connectivity index (χ3v) is 4.21. The molecule has 4 nitrogen and oxygen atoms in total. The number of rotatable bonds is 9. The summed E-state index contributed by atoms with van der Waals surface area (Å²) in [5.41, 5.74) is 12.5. The van der Waals surface area contributed by atoms with Crippen molar-refractivity contribution in [3.8, 4) is 0 Å². The molecular weight excluding hydrogens is 338 g/mol. The van der Waals surface area contributed by atoms with Crippen LogP contribution in [0.15, 0.2) is 48.5 Å². The number of unbranched alkanes of at least 4 members (excludes halogenated alkanes) is 1. The maximum absolute atomic E-state index is 12.9. The van der Waals surface area contributed by atoms with Gasteiger partial charge in [-0.1, -0.05) is 12.8 Å². The smallest absolute Gasteiger partial charge is 0.179 e. The maximum atomic E-state index is 12.9. The van der Waals surface area contributed by atoms with Crippen LogP contribution in [0.3, 0.4) is 0 Å². The molecule has 2 aromatic carbocycles. The summed E-state index contributed by atoms with van der Waals surface area (Å²) in [6.45, 7) is 0. The first-order valence-corrected chi connectivity index (χ1v) is 8.49. The van der Waals surface area contributed by atoms with E-state index in [0.717, 1.165) is 0 Å². The summed E-state index contributed by atoms with van der Waals surface area (Å²) in [5.74, 6) is -1.29. The van der Waals surface area contributed by atoms with Crippen LogP contribution in [-0.4, -0.2) is 23.7 Å². The van der Waals surface area contributed by atoms with Crippen molar-refractivity contribution < 1.29 is 18.4 Å². The quantitative estimate of drug-likeness (QED) is 0.531. The second kappa shape index (κ2) is 9.31. The Morgan fingerprint density at radius 3 is 1.31 bits per heavy atom. The summed E-state index contributed by atoms with van der Waals surface area (Å²) in [4.78, 5) is 24.3. The van der Waals surface area contributed by atoms with Crippen LogP contribution >= 0.6 is 0 Å². The zero-order valence-corrected chi connectivity index (χ0v) is 14.3. The molecule has 0 fully saturated rings. The minimum absolute atomic E-state index is 0.239. The summed E-state index contributed by atoms with van der Waals surface area (Å²) < 4.78 is 25.8. The second-order valence-corrected chi connectivity index (χ2v) is 6.24. The molecule has 0 aliphatic carbocycles. The first kappa shape index (κ1) is 19.9. The first-order valence-electron chi connectivity index (χ1n) is 8.49. The van der Waals surface area contributed by atoms with Crippen LogP contribution in [0.5, 0.6) is 0 Å². The number of carbonyl (C=O) groups excluding carboxylic acids is 2. The van der Waals surface area contributed by atoms with Crippen LogP contribution in [0.2, 0.25) is 0 Å². The van der Waals surface area contributed by atoms with Gasteiger partial charge < -0.3 is 11.5 Å². The molecule has 26 heavy (non-hydrogen) atoms. The Bertz CT molecular complexity index is 680. The van der Waals surface area contributed by atoms with E-state index in [-0.39, 0.29) is 11.6 Å². The van der Waals surface area contributed by atoms with E-state index in [1.54, 1.807) is 0 Å². The SMILES string of the molecule is NC(CCCCC(N)C(=O)c1ccc(F)cc1)C(=O)c1ccc(F)cc1. The van der Waals surface area contributed by atoms with Crippen LogP contribution < -0.4 is 11.5 Å². The van der Waals surface area contributed by atoms with Crippen LogP contribution in [0.25, 0.3) is 0 Å². The third-order valence-electron chi connectivity index (χ3n) is 4.21. The number of nitrogens with two attached hydrogens (primary N) is 2. The zero-order chi connectivity index (χ0) is 19.1. The van der Waals surface area contributed by atoms with Gasteiger partial charge in [-0.25, -0.2) is 8.78 Å². The van der Waals surface area contributed by atoms with Crippen LogP contribution in [-0.2, 0) is 0 Å². The molecule has 6 heteroatoms. The lowest BCUT2D eigenvalue weighted by molar-refractivity contribution is 0.0942. The van der Waals surface area contributed by atoms with E-state index in [1.165, 1.54) is 48.5 Å². The molecule has 4 N–H and O–H groups in total. The molecule has 0 radical (unpaired) electrons. The topological polar surface area (TPSA) is 86.2 Å². The summed E-state index contributed by atoms with van der Waals surface area (Å²) in [6, 6.07) is 9.18. The maximum Gasteiger partial charge on any atom is 0.179 e. The standard InChI is InChI=1S/C20H22F2N2O2/c21-15-9-5-13(6-10-15)19(25)17(23)3-1-2-4-18(24)20(26)14-7-11-16(22)12-8-14/h5-12,17-18H,1-4,23-24H2. The van der Waals surface area contributed by atoms with E-state index in [0.29, 0.717) is 36.8 Å². The van der Waals surface area contributed by atoms with Gasteiger partial charge in [0.1, 0.15) is 11.6 Å². The van der Waals surface area contributed by atoms with Gasteiger partial charge in [0.05, 0.1) is 12.1 Å². The van der Waals surface area contributed by atoms with Crippen LogP contribution in [0.4, 0.5) is 8.78 Å². The number of carbonyl (C=O) groups is 2. The largest absolute Gasteiger partial charge is 0.321 e. The molecule has 0 aliphatic heterocycles. The molecular formula is C20H22F2N2O2. The highest BCUT2D eigenvalue weighted by Gasteiger charge is 2.18. The van der Waals surface area contributed by atoms with Crippen molar-refractivity contribution in [2.45, 2.75) is 37.8 Å². The Hall–Kier alpha value is -2.44. The van der Waals surface area contributed by atoms with Crippen molar-refractivity contribution in [3.63, 3.8) is 0 Å². The summed E-state index contributed by atoms with van der Waals surface area (Å²) >= 11 is 0. The van der Waals surface area contributed by atoms with Gasteiger partial charge >= 0.3 is 0 Å². The summed E-state index contributed by atoms with van der Waals surface area (Å²) in [5, 5.41) is 0. The molecule has 0 heterocycles. The van der Waals surface area contributed by atoms with Gasteiger partial charge in [-0.15, -0.1) is 0 Å². The van der Waals surface area contributed by atoms with E-state index in [2.05, 4.69) is 0 Å². The Labute approximate surface area is 151 Å². The Balaban J connectivity index is 1.75. The molecule has 0 aliphatic rings. The number of hydrogen-bond acceptors (Lipinski definition) is 4. The Morgan fingerprint density at radius 1 is 0.692 bits per heavy atom. The monoisotopic (exact) mass is 360 g/mol. The molecule has 2 aromatic rings. The van der Waals surface area contributed by atoms with E-state index in [9.17, 15) is 18.4 Å². The Kier molecular flexibility index (Phi) is 7.12. The lowest BCUT2D eigenvalue weighted by atomic mass is 9.96. The van der Waals surface area contributed by atoms with Gasteiger partial charge in [0.2, 0.25) is 0 Å². The molecule has 138 valence electrons. The van der Waals surface area contributed by atoms with Crippen LogP contribution in [0.1, 0.15) is 46.4 Å². The lowest BCUT2D eigenvalue weighted by Gasteiger charge is -2.13. The minimum atomic E-state index is -0.676. The van der Waals surface area contributed by atoms with Crippen molar-refractivity contribution >= 4 is 11.6 Å². The number of hydrogen-bond donors (Lipinski definition) is 2. The van der Waals surface area contributed by atoms with Gasteiger partial charge in [0, 0.05) is 11.1 Å². The molecule has 0 aromatic heterocycles. The lowest BCUT2D eigenvalue weighted by Crippen LogP contribution is -2.32. The molecule has 0 spiro atoms. The van der Waals surface area contributed by atoms with E-state index in [1.807, 2.05) is 0 Å². The molecule has 0 saturated heterocycles. The highest BCUT2D eigenvalue weighted by atomic mass is 19.1. The molecule has 0 amide bonds. The molecule has 2 rings (SSSR count). The average molecular weight is 360 g/mol. The van der Waals surface area contributed by atoms with Crippen molar-refractivity contribution in [1.82, 2.24) is 0 Å². The predicted molar refractivity (Wildman–Crippen MR) is 95.9 cm³/mol.